The summed E-state index contributed by atoms with van der Waals surface area (Å²) in [5.74, 6) is 0.512. The van der Waals surface area contributed by atoms with Crippen LogP contribution in [0, 0.1) is 5.92 Å². The van der Waals surface area contributed by atoms with Crippen LogP contribution in [0.2, 0.25) is 0 Å². The highest BCUT2D eigenvalue weighted by Crippen LogP contribution is 2.33. The number of nitrogens with zero attached hydrogens (tertiary/aromatic N) is 2. The van der Waals surface area contributed by atoms with Gasteiger partial charge in [0.2, 0.25) is 0 Å². The molecule has 18 heavy (non-hydrogen) atoms. The molecular weight excluding hydrogens is 226 g/mol. The number of hydrogen-bond donors (Lipinski definition) is 1. The lowest BCUT2D eigenvalue weighted by Gasteiger charge is -2.27. The number of aromatic nitrogens is 2. The molecule has 1 aromatic rings. The fourth-order valence-corrected chi connectivity index (χ4v) is 2.71. The van der Waals surface area contributed by atoms with Gasteiger partial charge >= 0.3 is 0 Å². The summed E-state index contributed by atoms with van der Waals surface area (Å²) >= 11 is 0. The van der Waals surface area contributed by atoms with Crippen LogP contribution in [0.5, 0.6) is 0 Å². The van der Waals surface area contributed by atoms with Gasteiger partial charge in [-0.3, -0.25) is 9.97 Å². The predicted octanol–water partition coefficient (Wildman–Crippen LogP) is 2.33. The quantitative estimate of drug-likeness (QED) is 0.840. The van der Waals surface area contributed by atoms with Crippen molar-refractivity contribution in [3.63, 3.8) is 0 Å². The Balaban J connectivity index is 2.14. The summed E-state index contributed by atoms with van der Waals surface area (Å²) in [6.45, 7) is 6.25. The smallest absolute Gasteiger partial charge is 0.0759 e. The van der Waals surface area contributed by atoms with Gasteiger partial charge in [0.1, 0.15) is 0 Å². The lowest BCUT2D eigenvalue weighted by Crippen LogP contribution is -2.34. The van der Waals surface area contributed by atoms with Gasteiger partial charge in [-0.15, -0.1) is 0 Å². The highest BCUT2D eigenvalue weighted by molar-refractivity contribution is 5.06. The van der Waals surface area contributed by atoms with Crippen LogP contribution in [0.25, 0.3) is 0 Å². The van der Waals surface area contributed by atoms with Crippen molar-refractivity contribution >= 4 is 0 Å². The number of hydrogen-bond acceptors (Lipinski definition) is 4. The Bertz CT molecular complexity index is 344. The normalized spacial score (nSPS) is 25.2. The average molecular weight is 249 g/mol. The Hall–Kier alpha value is -1.00. The zero-order valence-electron chi connectivity index (χ0n) is 11.3. The van der Waals surface area contributed by atoms with Crippen molar-refractivity contribution in [1.82, 2.24) is 15.3 Å². The van der Waals surface area contributed by atoms with Crippen molar-refractivity contribution in [3.05, 3.63) is 24.3 Å². The molecular formula is C14H23N3O. The molecule has 0 amide bonds. The standard InChI is InChI=1S/C14H23N3O/c1-3-6-17-14(12-10-15-7-8-16-12)11-5-9-18-13(11)4-2/h7-8,10-11,13-14,17H,3-6,9H2,1-2H3. The van der Waals surface area contributed by atoms with Gasteiger partial charge in [0.25, 0.3) is 0 Å². The molecule has 3 unspecified atom stereocenters. The number of rotatable bonds is 6. The molecule has 100 valence electrons. The Labute approximate surface area is 109 Å². The van der Waals surface area contributed by atoms with Crippen LogP contribution in [-0.4, -0.2) is 29.2 Å². The highest BCUT2D eigenvalue weighted by Gasteiger charge is 2.34. The molecule has 2 heterocycles. The largest absolute Gasteiger partial charge is 0.378 e. The van der Waals surface area contributed by atoms with Crippen LogP contribution in [0.1, 0.15) is 44.8 Å². The molecule has 0 spiro atoms. The summed E-state index contributed by atoms with van der Waals surface area (Å²) in [7, 11) is 0. The zero-order chi connectivity index (χ0) is 12.8. The molecule has 4 heteroatoms. The predicted molar refractivity (Wildman–Crippen MR) is 71.2 cm³/mol. The maximum atomic E-state index is 5.81. The van der Waals surface area contributed by atoms with Crippen LogP contribution in [-0.2, 0) is 4.74 Å². The van der Waals surface area contributed by atoms with Crippen LogP contribution in [0.4, 0.5) is 0 Å². The van der Waals surface area contributed by atoms with Gasteiger partial charge in [0, 0.05) is 31.1 Å². The van der Waals surface area contributed by atoms with Crippen molar-refractivity contribution in [2.24, 2.45) is 5.92 Å². The minimum atomic E-state index is 0.270. The van der Waals surface area contributed by atoms with Crippen molar-refractivity contribution in [3.8, 4) is 0 Å². The lowest BCUT2D eigenvalue weighted by atomic mass is 9.89. The zero-order valence-corrected chi connectivity index (χ0v) is 11.3. The fourth-order valence-electron chi connectivity index (χ4n) is 2.71. The van der Waals surface area contributed by atoms with Gasteiger partial charge < -0.3 is 10.1 Å². The molecule has 1 N–H and O–H groups in total. The highest BCUT2D eigenvalue weighted by atomic mass is 16.5. The first-order chi connectivity index (χ1) is 8.86. The Morgan fingerprint density at radius 3 is 3.00 bits per heavy atom. The molecule has 1 aliphatic rings. The summed E-state index contributed by atoms with van der Waals surface area (Å²) in [4.78, 5) is 8.66. The van der Waals surface area contributed by atoms with E-state index in [1.165, 1.54) is 0 Å². The molecule has 0 aromatic carbocycles. The van der Waals surface area contributed by atoms with E-state index >= 15 is 0 Å². The van der Waals surface area contributed by atoms with Gasteiger partial charge in [-0.05, 0) is 25.8 Å². The SMILES string of the molecule is CCCNC(c1cnccn1)C1CCOC1CC. The van der Waals surface area contributed by atoms with Crippen molar-refractivity contribution in [2.45, 2.75) is 45.3 Å². The molecule has 2 rings (SSSR count). The molecule has 0 bridgehead atoms. The third-order valence-corrected chi connectivity index (χ3v) is 3.61. The van der Waals surface area contributed by atoms with E-state index < -0.39 is 0 Å². The monoisotopic (exact) mass is 249 g/mol. The molecule has 1 saturated heterocycles. The lowest BCUT2D eigenvalue weighted by molar-refractivity contribution is 0.0769. The second-order valence-electron chi connectivity index (χ2n) is 4.83. The van der Waals surface area contributed by atoms with E-state index in [1.54, 1.807) is 12.4 Å². The molecule has 0 radical (unpaired) electrons. The Kier molecular flexibility index (Phi) is 5.08. The van der Waals surface area contributed by atoms with Gasteiger partial charge in [-0.25, -0.2) is 0 Å². The van der Waals surface area contributed by atoms with E-state index in [1.807, 2.05) is 6.20 Å². The maximum Gasteiger partial charge on any atom is 0.0759 e. The molecule has 4 nitrogen and oxygen atoms in total. The first-order valence-corrected chi connectivity index (χ1v) is 6.97. The second kappa shape index (κ2) is 6.81. The van der Waals surface area contributed by atoms with E-state index in [9.17, 15) is 0 Å². The molecule has 0 aliphatic carbocycles. The van der Waals surface area contributed by atoms with E-state index in [0.717, 1.165) is 38.1 Å². The van der Waals surface area contributed by atoms with Crippen LogP contribution in [0.15, 0.2) is 18.6 Å². The topological polar surface area (TPSA) is 47.0 Å². The van der Waals surface area contributed by atoms with Crippen LogP contribution < -0.4 is 5.32 Å². The fraction of sp³-hybridized carbons (Fsp3) is 0.714. The number of ether oxygens (including phenoxy) is 1. The maximum absolute atomic E-state index is 5.81. The second-order valence-corrected chi connectivity index (χ2v) is 4.83. The molecule has 1 fully saturated rings. The first kappa shape index (κ1) is 13.4. The van der Waals surface area contributed by atoms with E-state index in [0.29, 0.717) is 12.0 Å². The number of nitrogens with one attached hydrogen (secondary N) is 1. The van der Waals surface area contributed by atoms with Gasteiger partial charge in [0.05, 0.1) is 17.8 Å². The molecule has 1 aliphatic heterocycles. The van der Waals surface area contributed by atoms with Crippen molar-refractivity contribution < 1.29 is 4.74 Å². The van der Waals surface area contributed by atoms with Crippen molar-refractivity contribution in [1.29, 1.82) is 0 Å². The first-order valence-electron chi connectivity index (χ1n) is 6.97. The molecule has 0 saturated carbocycles. The Morgan fingerprint density at radius 2 is 2.33 bits per heavy atom. The van der Waals surface area contributed by atoms with Gasteiger partial charge in [0.15, 0.2) is 0 Å². The minimum Gasteiger partial charge on any atom is -0.378 e. The minimum absolute atomic E-state index is 0.270. The van der Waals surface area contributed by atoms with E-state index in [-0.39, 0.29) is 6.04 Å². The molecule has 3 atom stereocenters. The summed E-state index contributed by atoms with van der Waals surface area (Å²) in [5, 5.41) is 3.61. The van der Waals surface area contributed by atoms with E-state index in [2.05, 4.69) is 29.1 Å². The van der Waals surface area contributed by atoms with Gasteiger partial charge in [-0.2, -0.15) is 0 Å². The average Bonchev–Trinajstić information content (AvgIpc) is 2.89. The van der Waals surface area contributed by atoms with E-state index in [4.69, 9.17) is 4.74 Å². The van der Waals surface area contributed by atoms with Crippen LogP contribution in [0.3, 0.4) is 0 Å². The third-order valence-electron chi connectivity index (χ3n) is 3.61. The summed E-state index contributed by atoms with van der Waals surface area (Å²) < 4.78 is 5.81. The van der Waals surface area contributed by atoms with Crippen LogP contribution >= 0.6 is 0 Å². The summed E-state index contributed by atoms with van der Waals surface area (Å²) in [6.07, 6.45) is 9.02. The Morgan fingerprint density at radius 1 is 1.44 bits per heavy atom. The molecule has 1 aromatic heterocycles. The third kappa shape index (κ3) is 3.06. The van der Waals surface area contributed by atoms with Crippen molar-refractivity contribution in [2.75, 3.05) is 13.2 Å². The summed E-state index contributed by atoms with van der Waals surface area (Å²) in [5.41, 5.74) is 1.04. The van der Waals surface area contributed by atoms with Gasteiger partial charge in [-0.1, -0.05) is 13.8 Å². The summed E-state index contributed by atoms with van der Waals surface area (Å²) in [6, 6.07) is 0.270.